The molecule has 0 bridgehead atoms. The van der Waals surface area contributed by atoms with Crippen molar-refractivity contribution in [2.75, 3.05) is 0 Å². The van der Waals surface area contributed by atoms with Crippen LogP contribution < -0.4 is 0 Å². The van der Waals surface area contributed by atoms with Gasteiger partial charge in [0, 0.05) is 12.8 Å². The fourth-order valence-corrected chi connectivity index (χ4v) is 3.09. The van der Waals surface area contributed by atoms with Crippen LogP contribution in [0.1, 0.15) is 64.6 Å². The number of hydrogen-bond donors (Lipinski definition) is 1. The molecule has 1 aliphatic rings. The van der Waals surface area contributed by atoms with Crippen molar-refractivity contribution in [1.29, 1.82) is 0 Å². The van der Waals surface area contributed by atoms with Crippen LogP contribution in [-0.2, 0) is 17.6 Å². The fourth-order valence-electron chi connectivity index (χ4n) is 3.09. The number of aromatic nitrogens is 2. The van der Waals surface area contributed by atoms with E-state index < -0.39 is 5.97 Å². The standard InChI is InChI=1S/C15H24N2O3/c1-14(2,3)8-11-16-12(20-17-11)9-15(10-13(18)19)6-4-5-7-15/h4-10H2,1-3H3,(H,18,19). The first-order valence-corrected chi connectivity index (χ1v) is 7.31. The van der Waals surface area contributed by atoms with Crippen molar-refractivity contribution in [2.24, 2.45) is 10.8 Å². The molecule has 1 saturated carbocycles. The van der Waals surface area contributed by atoms with E-state index in [1.54, 1.807) is 0 Å². The number of rotatable bonds is 5. The summed E-state index contributed by atoms with van der Waals surface area (Å²) in [5, 5.41) is 13.1. The molecule has 0 aliphatic heterocycles. The maximum atomic E-state index is 11.1. The first kappa shape index (κ1) is 15.0. The van der Waals surface area contributed by atoms with Crippen molar-refractivity contribution in [3.05, 3.63) is 11.7 Å². The van der Waals surface area contributed by atoms with E-state index in [1.165, 1.54) is 0 Å². The molecule has 0 spiro atoms. The molecule has 1 heterocycles. The van der Waals surface area contributed by atoms with Gasteiger partial charge in [0.2, 0.25) is 5.89 Å². The van der Waals surface area contributed by atoms with Crippen LogP contribution in [0.2, 0.25) is 0 Å². The van der Waals surface area contributed by atoms with Crippen molar-refractivity contribution < 1.29 is 14.4 Å². The lowest BCUT2D eigenvalue weighted by Crippen LogP contribution is -2.24. The lowest BCUT2D eigenvalue weighted by molar-refractivity contribution is -0.139. The van der Waals surface area contributed by atoms with E-state index in [1.807, 2.05) is 0 Å². The van der Waals surface area contributed by atoms with Crippen molar-refractivity contribution in [3.8, 4) is 0 Å². The van der Waals surface area contributed by atoms with Crippen LogP contribution in [0.5, 0.6) is 0 Å². The molecule has 5 nitrogen and oxygen atoms in total. The number of carboxylic acid groups (broad SMARTS) is 1. The Hall–Kier alpha value is -1.39. The average molecular weight is 280 g/mol. The highest BCUT2D eigenvalue weighted by Gasteiger charge is 2.38. The van der Waals surface area contributed by atoms with Crippen molar-refractivity contribution in [1.82, 2.24) is 10.1 Å². The summed E-state index contributed by atoms with van der Waals surface area (Å²) in [6.07, 6.45) is 5.63. The van der Waals surface area contributed by atoms with Gasteiger partial charge < -0.3 is 9.63 Å². The normalized spacial score (nSPS) is 18.4. The summed E-state index contributed by atoms with van der Waals surface area (Å²) >= 11 is 0. The molecule has 1 aliphatic carbocycles. The number of aliphatic carboxylic acids is 1. The van der Waals surface area contributed by atoms with Gasteiger partial charge in [-0.05, 0) is 23.7 Å². The highest BCUT2D eigenvalue weighted by molar-refractivity contribution is 5.67. The molecule has 0 saturated heterocycles. The Bertz CT molecular complexity index is 468. The second kappa shape index (κ2) is 5.54. The monoisotopic (exact) mass is 280 g/mol. The molecular formula is C15H24N2O3. The largest absolute Gasteiger partial charge is 0.481 e. The molecule has 5 heteroatoms. The van der Waals surface area contributed by atoms with Crippen LogP contribution >= 0.6 is 0 Å². The summed E-state index contributed by atoms with van der Waals surface area (Å²) < 4.78 is 5.33. The van der Waals surface area contributed by atoms with Gasteiger partial charge in [0.25, 0.3) is 0 Å². The molecule has 112 valence electrons. The van der Waals surface area contributed by atoms with Gasteiger partial charge in [-0.3, -0.25) is 4.79 Å². The Morgan fingerprint density at radius 3 is 2.55 bits per heavy atom. The zero-order valence-corrected chi connectivity index (χ0v) is 12.6. The van der Waals surface area contributed by atoms with E-state index >= 15 is 0 Å². The molecule has 2 rings (SSSR count). The molecule has 1 fully saturated rings. The topological polar surface area (TPSA) is 76.2 Å². The van der Waals surface area contributed by atoms with Gasteiger partial charge in [-0.1, -0.05) is 38.8 Å². The molecule has 0 unspecified atom stereocenters. The van der Waals surface area contributed by atoms with Gasteiger partial charge in [0.15, 0.2) is 5.82 Å². The second-order valence-electron chi connectivity index (χ2n) is 7.30. The molecule has 1 aromatic rings. The van der Waals surface area contributed by atoms with Crippen LogP contribution in [0.25, 0.3) is 0 Å². The minimum absolute atomic E-state index is 0.118. The molecule has 0 radical (unpaired) electrons. The molecule has 0 atom stereocenters. The van der Waals surface area contributed by atoms with Crippen LogP contribution in [0, 0.1) is 10.8 Å². The third-order valence-electron chi connectivity index (χ3n) is 3.92. The minimum atomic E-state index is -0.735. The highest BCUT2D eigenvalue weighted by Crippen LogP contribution is 2.43. The van der Waals surface area contributed by atoms with Gasteiger partial charge in [0.05, 0.1) is 6.42 Å². The number of nitrogens with zero attached hydrogens (tertiary/aromatic N) is 2. The summed E-state index contributed by atoms with van der Waals surface area (Å²) in [6.45, 7) is 6.39. The predicted molar refractivity (Wildman–Crippen MR) is 74.3 cm³/mol. The molecule has 0 aromatic carbocycles. The van der Waals surface area contributed by atoms with Crippen molar-refractivity contribution in [3.63, 3.8) is 0 Å². The summed E-state index contributed by atoms with van der Waals surface area (Å²) in [4.78, 5) is 15.5. The highest BCUT2D eigenvalue weighted by atomic mass is 16.5. The predicted octanol–water partition coefficient (Wildman–Crippen LogP) is 3.24. The Morgan fingerprint density at radius 2 is 2.00 bits per heavy atom. The van der Waals surface area contributed by atoms with E-state index in [0.717, 1.165) is 37.9 Å². The van der Waals surface area contributed by atoms with E-state index in [4.69, 9.17) is 9.63 Å². The summed E-state index contributed by atoms with van der Waals surface area (Å²) in [6, 6.07) is 0. The zero-order chi connectivity index (χ0) is 14.8. The van der Waals surface area contributed by atoms with Gasteiger partial charge >= 0.3 is 5.97 Å². The van der Waals surface area contributed by atoms with E-state index in [-0.39, 0.29) is 17.3 Å². The third kappa shape index (κ3) is 4.05. The molecule has 20 heavy (non-hydrogen) atoms. The SMILES string of the molecule is CC(C)(C)Cc1noc(CC2(CC(=O)O)CCCC2)n1. The fraction of sp³-hybridized carbons (Fsp3) is 0.800. The second-order valence-corrected chi connectivity index (χ2v) is 7.30. The maximum absolute atomic E-state index is 11.1. The lowest BCUT2D eigenvalue weighted by Gasteiger charge is -2.24. The van der Waals surface area contributed by atoms with Gasteiger partial charge in [-0.25, -0.2) is 0 Å². The third-order valence-corrected chi connectivity index (χ3v) is 3.92. The first-order chi connectivity index (χ1) is 9.28. The smallest absolute Gasteiger partial charge is 0.303 e. The van der Waals surface area contributed by atoms with Crippen LogP contribution in [0.3, 0.4) is 0 Å². The summed E-state index contributed by atoms with van der Waals surface area (Å²) in [5.41, 5.74) is -0.0649. The number of carboxylic acids is 1. The number of carbonyl (C=O) groups is 1. The lowest BCUT2D eigenvalue weighted by atomic mass is 9.79. The maximum Gasteiger partial charge on any atom is 0.303 e. The Morgan fingerprint density at radius 1 is 1.35 bits per heavy atom. The molecular weight excluding hydrogens is 256 g/mol. The van der Waals surface area contributed by atoms with E-state index in [0.29, 0.717) is 12.3 Å². The minimum Gasteiger partial charge on any atom is -0.481 e. The Labute approximate surface area is 119 Å². The molecule has 1 aromatic heterocycles. The van der Waals surface area contributed by atoms with E-state index in [2.05, 4.69) is 30.9 Å². The van der Waals surface area contributed by atoms with Crippen LogP contribution in [-0.4, -0.2) is 21.2 Å². The first-order valence-electron chi connectivity index (χ1n) is 7.31. The zero-order valence-electron chi connectivity index (χ0n) is 12.6. The van der Waals surface area contributed by atoms with Crippen LogP contribution in [0.4, 0.5) is 0 Å². The Balaban J connectivity index is 2.06. The molecule has 1 N–H and O–H groups in total. The van der Waals surface area contributed by atoms with Gasteiger partial charge in [-0.15, -0.1) is 0 Å². The quantitative estimate of drug-likeness (QED) is 0.896. The summed E-state index contributed by atoms with van der Waals surface area (Å²) in [5.74, 6) is 0.574. The average Bonchev–Trinajstić information content (AvgIpc) is 2.86. The van der Waals surface area contributed by atoms with Crippen molar-refractivity contribution >= 4 is 5.97 Å². The Kier molecular flexibility index (Phi) is 4.16. The number of hydrogen-bond acceptors (Lipinski definition) is 4. The van der Waals surface area contributed by atoms with Crippen molar-refractivity contribution in [2.45, 2.75) is 65.7 Å². The van der Waals surface area contributed by atoms with Gasteiger partial charge in [-0.2, -0.15) is 4.98 Å². The van der Waals surface area contributed by atoms with Crippen LogP contribution in [0.15, 0.2) is 4.52 Å². The van der Waals surface area contributed by atoms with E-state index in [9.17, 15) is 4.79 Å². The molecule has 0 amide bonds. The van der Waals surface area contributed by atoms with Gasteiger partial charge in [0.1, 0.15) is 0 Å². The summed E-state index contributed by atoms with van der Waals surface area (Å²) in [7, 11) is 0.